The zero-order chi connectivity index (χ0) is 16.0. The van der Waals surface area contributed by atoms with Crippen molar-refractivity contribution in [2.24, 2.45) is 11.1 Å². The van der Waals surface area contributed by atoms with E-state index < -0.39 is 17.4 Å². The summed E-state index contributed by atoms with van der Waals surface area (Å²) < 4.78 is 0. The highest BCUT2D eigenvalue weighted by Crippen LogP contribution is 2.13. The third-order valence-corrected chi connectivity index (χ3v) is 2.95. The van der Waals surface area contributed by atoms with Gasteiger partial charge in [0.25, 0.3) is 5.91 Å². The Morgan fingerprint density at radius 1 is 1.14 bits per heavy atom. The van der Waals surface area contributed by atoms with Crippen molar-refractivity contribution in [1.29, 1.82) is 0 Å². The first-order valence-corrected chi connectivity index (χ1v) is 6.36. The van der Waals surface area contributed by atoms with Gasteiger partial charge < -0.3 is 21.5 Å². The average molecular weight is 293 g/mol. The summed E-state index contributed by atoms with van der Waals surface area (Å²) in [6, 6.07) is 5.95. The van der Waals surface area contributed by atoms with Gasteiger partial charge in [-0.05, 0) is 31.5 Å². The quantitative estimate of drug-likeness (QED) is 0.616. The van der Waals surface area contributed by atoms with E-state index in [1.165, 1.54) is 13.8 Å². The van der Waals surface area contributed by atoms with Gasteiger partial charge in [-0.15, -0.1) is 0 Å². The minimum atomic E-state index is -1.03. The fraction of sp³-hybridized carbons (Fsp3) is 0.357. The number of urea groups is 1. The Kier molecular flexibility index (Phi) is 5.29. The summed E-state index contributed by atoms with van der Waals surface area (Å²) in [4.78, 5) is 33.4. The third-order valence-electron chi connectivity index (χ3n) is 2.95. The molecule has 0 saturated carbocycles. The summed E-state index contributed by atoms with van der Waals surface area (Å²) in [5.74, 6) is -1.32. The molecule has 1 aromatic rings. The second-order valence-electron chi connectivity index (χ2n) is 5.29. The molecule has 0 radical (unpaired) electrons. The predicted octanol–water partition coefficient (Wildman–Crippen LogP) is 0.695. The average Bonchev–Trinajstić information content (AvgIpc) is 2.43. The summed E-state index contributed by atoms with van der Waals surface area (Å²) in [6.07, 6.45) is 0. The van der Waals surface area contributed by atoms with Crippen molar-refractivity contribution in [2.45, 2.75) is 20.4 Å². The molecule has 0 atom stereocenters. The number of benzene rings is 1. The van der Waals surface area contributed by atoms with Gasteiger partial charge in [-0.2, -0.15) is 0 Å². The van der Waals surface area contributed by atoms with E-state index in [4.69, 9.17) is 10.8 Å². The highest BCUT2D eigenvalue weighted by molar-refractivity contribution is 5.94. The van der Waals surface area contributed by atoms with Crippen molar-refractivity contribution >= 4 is 17.9 Å². The first-order valence-electron chi connectivity index (χ1n) is 6.36. The van der Waals surface area contributed by atoms with Gasteiger partial charge in [-0.3, -0.25) is 9.59 Å². The molecular weight excluding hydrogens is 274 g/mol. The summed E-state index contributed by atoms with van der Waals surface area (Å²) in [6.45, 7) is 3.39. The molecule has 1 rings (SSSR count). The second-order valence-corrected chi connectivity index (χ2v) is 5.29. The molecule has 5 N–H and O–H groups in total. The molecule has 0 spiro atoms. The van der Waals surface area contributed by atoms with Crippen LogP contribution in [0.4, 0.5) is 4.79 Å². The lowest BCUT2D eigenvalue weighted by Crippen LogP contribution is -2.38. The van der Waals surface area contributed by atoms with E-state index in [1.54, 1.807) is 24.3 Å². The lowest BCUT2D eigenvalue weighted by molar-refractivity contribution is -0.146. The molecule has 0 fully saturated rings. The monoisotopic (exact) mass is 293 g/mol. The Labute approximate surface area is 122 Å². The topological polar surface area (TPSA) is 122 Å². The molecule has 21 heavy (non-hydrogen) atoms. The molecule has 0 aliphatic heterocycles. The van der Waals surface area contributed by atoms with E-state index in [0.29, 0.717) is 5.56 Å². The molecule has 0 heterocycles. The molecule has 7 nitrogen and oxygen atoms in total. The molecule has 0 unspecified atom stereocenters. The SMILES string of the molecule is CC(C)(CNC(=O)c1ccc(CNC(N)=O)cc1)C(=O)O. The zero-order valence-electron chi connectivity index (χ0n) is 12.0. The Morgan fingerprint density at radius 2 is 1.71 bits per heavy atom. The fourth-order valence-electron chi connectivity index (χ4n) is 1.44. The fourth-order valence-corrected chi connectivity index (χ4v) is 1.44. The molecule has 0 saturated heterocycles. The predicted molar refractivity (Wildman–Crippen MR) is 76.6 cm³/mol. The van der Waals surface area contributed by atoms with Gasteiger partial charge in [0.05, 0.1) is 5.41 Å². The van der Waals surface area contributed by atoms with Crippen molar-refractivity contribution in [2.75, 3.05) is 6.54 Å². The van der Waals surface area contributed by atoms with E-state index in [0.717, 1.165) is 5.56 Å². The first-order chi connectivity index (χ1) is 9.72. The third kappa shape index (κ3) is 5.13. The Bertz CT molecular complexity index is 538. The van der Waals surface area contributed by atoms with Gasteiger partial charge in [0.2, 0.25) is 0 Å². The van der Waals surface area contributed by atoms with Crippen LogP contribution in [-0.2, 0) is 11.3 Å². The van der Waals surface area contributed by atoms with E-state index in [2.05, 4.69) is 10.6 Å². The molecule has 0 aliphatic rings. The van der Waals surface area contributed by atoms with Crippen LogP contribution in [0.5, 0.6) is 0 Å². The number of amides is 3. The summed E-state index contributed by atoms with van der Waals surface area (Å²) in [5.41, 5.74) is 5.15. The van der Waals surface area contributed by atoms with Gasteiger partial charge in [0.1, 0.15) is 0 Å². The summed E-state index contributed by atoms with van der Waals surface area (Å²) in [5, 5.41) is 14.0. The van der Waals surface area contributed by atoms with E-state index >= 15 is 0 Å². The minimum Gasteiger partial charge on any atom is -0.481 e. The van der Waals surface area contributed by atoms with Crippen molar-refractivity contribution in [1.82, 2.24) is 10.6 Å². The normalized spacial score (nSPS) is 10.8. The Morgan fingerprint density at radius 3 is 2.19 bits per heavy atom. The second kappa shape index (κ2) is 6.74. The number of hydrogen-bond donors (Lipinski definition) is 4. The lowest BCUT2D eigenvalue weighted by atomic mass is 9.94. The molecule has 0 aromatic heterocycles. The van der Waals surface area contributed by atoms with Crippen LogP contribution >= 0.6 is 0 Å². The van der Waals surface area contributed by atoms with Crippen LogP contribution in [0.1, 0.15) is 29.8 Å². The summed E-state index contributed by atoms with van der Waals surface area (Å²) >= 11 is 0. The van der Waals surface area contributed by atoms with Crippen molar-refractivity contribution in [3.8, 4) is 0 Å². The molecule has 1 aromatic carbocycles. The van der Waals surface area contributed by atoms with Crippen molar-refractivity contribution < 1.29 is 19.5 Å². The molecule has 0 bridgehead atoms. The smallest absolute Gasteiger partial charge is 0.312 e. The van der Waals surface area contributed by atoms with Crippen LogP contribution in [-0.4, -0.2) is 29.6 Å². The van der Waals surface area contributed by atoms with Gasteiger partial charge >= 0.3 is 12.0 Å². The highest BCUT2D eigenvalue weighted by atomic mass is 16.4. The number of carbonyl (C=O) groups excluding carboxylic acids is 2. The van der Waals surface area contributed by atoms with Crippen molar-refractivity contribution in [3.63, 3.8) is 0 Å². The van der Waals surface area contributed by atoms with Gasteiger partial charge in [-0.25, -0.2) is 4.79 Å². The number of primary amides is 1. The standard InChI is InChI=1S/C14H19N3O4/c1-14(2,12(19)20)8-17-11(18)10-5-3-9(4-6-10)7-16-13(15)21/h3-6H,7-8H2,1-2H3,(H,17,18)(H,19,20)(H3,15,16,21). The Balaban J connectivity index is 2.59. The number of carboxylic acids is 1. The largest absolute Gasteiger partial charge is 0.481 e. The van der Waals surface area contributed by atoms with Crippen LogP contribution in [0.3, 0.4) is 0 Å². The number of rotatable bonds is 6. The van der Waals surface area contributed by atoms with Gasteiger partial charge in [0.15, 0.2) is 0 Å². The Hall–Kier alpha value is -2.57. The maximum absolute atomic E-state index is 11.9. The van der Waals surface area contributed by atoms with Crippen LogP contribution in [0.15, 0.2) is 24.3 Å². The van der Waals surface area contributed by atoms with Crippen LogP contribution in [0.2, 0.25) is 0 Å². The number of carboxylic acid groups (broad SMARTS) is 1. The molecular formula is C14H19N3O4. The molecule has 3 amide bonds. The van der Waals surface area contributed by atoms with Gasteiger partial charge in [-0.1, -0.05) is 12.1 Å². The number of nitrogens with one attached hydrogen (secondary N) is 2. The number of aliphatic carboxylic acids is 1. The summed E-state index contributed by atoms with van der Waals surface area (Å²) in [7, 11) is 0. The molecule has 7 heteroatoms. The van der Waals surface area contributed by atoms with Crippen molar-refractivity contribution in [3.05, 3.63) is 35.4 Å². The molecule has 114 valence electrons. The number of nitrogens with two attached hydrogens (primary N) is 1. The van der Waals surface area contributed by atoms with Crippen LogP contribution < -0.4 is 16.4 Å². The number of carbonyl (C=O) groups is 3. The van der Waals surface area contributed by atoms with Crippen LogP contribution in [0, 0.1) is 5.41 Å². The zero-order valence-corrected chi connectivity index (χ0v) is 12.0. The maximum Gasteiger partial charge on any atom is 0.312 e. The van der Waals surface area contributed by atoms with E-state index in [9.17, 15) is 14.4 Å². The molecule has 0 aliphatic carbocycles. The highest BCUT2D eigenvalue weighted by Gasteiger charge is 2.27. The first kappa shape index (κ1) is 16.5. The lowest BCUT2D eigenvalue weighted by Gasteiger charge is -2.19. The van der Waals surface area contributed by atoms with Gasteiger partial charge in [0, 0.05) is 18.7 Å². The van der Waals surface area contributed by atoms with Crippen LogP contribution in [0.25, 0.3) is 0 Å². The maximum atomic E-state index is 11.9. The minimum absolute atomic E-state index is 0.0339. The number of hydrogen-bond acceptors (Lipinski definition) is 3. The van der Waals surface area contributed by atoms with E-state index in [-0.39, 0.29) is 19.0 Å². The van der Waals surface area contributed by atoms with E-state index in [1.807, 2.05) is 0 Å².